The van der Waals surface area contributed by atoms with Crippen molar-refractivity contribution in [2.45, 2.75) is 37.0 Å². The van der Waals surface area contributed by atoms with Crippen LogP contribution in [0, 0.1) is 0 Å². The Kier molecular flexibility index (Phi) is 3.30. The largest absolute Gasteiger partial charge is 0.399 e. The van der Waals surface area contributed by atoms with Crippen molar-refractivity contribution in [3.8, 4) is 0 Å². The summed E-state index contributed by atoms with van der Waals surface area (Å²) in [6.07, 6.45) is 5.19. The van der Waals surface area contributed by atoms with Crippen LogP contribution in [0.25, 0.3) is 0 Å². The number of rotatable bonds is 3. The summed E-state index contributed by atoms with van der Waals surface area (Å²) in [6.45, 7) is 1.17. The first-order chi connectivity index (χ1) is 8.33. The summed E-state index contributed by atoms with van der Waals surface area (Å²) in [5.41, 5.74) is 9.65. The summed E-state index contributed by atoms with van der Waals surface area (Å²) < 4.78 is 0. The molecular weight excluding hydrogens is 228 g/mol. The lowest BCUT2D eigenvalue weighted by Gasteiger charge is -2.17. The van der Waals surface area contributed by atoms with Gasteiger partial charge in [0.2, 0.25) is 0 Å². The van der Waals surface area contributed by atoms with Crippen molar-refractivity contribution in [1.29, 1.82) is 0 Å². The van der Waals surface area contributed by atoms with E-state index < -0.39 is 0 Å². The van der Waals surface area contributed by atoms with Crippen molar-refractivity contribution in [2.75, 3.05) is 18.0 Å². The Bertz CT molecular complexity index is 399. The molecule has 3 rings (SSSR count). The number of hydrogen-bond acceptors (Lipinski definition) is 3. The molecule has 92 valence electrons. The van der Waals surface area contributed by atoms with Gasteiger partial charge in [-0.1, -0.05) is 6.07 Å². The number of nitrogens with one attached hydrogen (secondary N) is 1. The summed E-state index contributed by atoms with van der Waals surface area (Å²) in [5.74, 6) is 1.35. The highest BCUT2D eigenvalue weighted by Crippen LogP contribution is 2.33. The van der Waals surface area contributed by atoms with Crippen molar-refractivity contribution >= 4 is 17.4 Å². The van der Waals surface area contributed by atoms with E-state index in [4.69, 9.17) is 5.73 Å². The number of aryl methyl sites for hydroxylation is 1. The smallest absolute Gasteiger partial charge is 0.0326 e. The monoisotopic (exact) mass is 248 g/mol. The molecule has 1 saturated heterocycles. The van der Waals surface area contributed by atoms with Gasteiger partial charge in [0.1, 0.15) is 0 Å². The second-order valence-electron chi connectivity index (χ2n) is 5.09. The van der Waals surface area contributed by atoms with Crippen LogP contribution in [0.2, 0.25) is 0 Å². The lowest BCUT2D eigenvalue weighted by Crippen LogP contribution is -2.26. The topological polar surface area (TPSA) is 38.0 Å². The minimum absolute atomic E-state index is 0.562. The van der Waals surface area contributed by atoms with Crippen molar-refractivity contribution in [3.63, 3.8) is 0 Å². The van der Waals surface area contributed by atoms with Crippen LogP contribution in [0.15, 0.2) is 18.2 Å². The molecule has 2 nitrogen and oxygen atoms in total. The first-order valence-electron chi connectivity index (χ1n) is 6.56. The molecule has 0 bridgehead atoms. The maximum Gasteiger partial charge on any atom is 0.0326 e. The molecule has 2 aliphatic rings. The van der Waals surface area contributed by atoms with Crippen molar-refractivity contribution in [1.82, 2.24) is 5.32 Å². The Morgan fingerprint density at radius 3 is 3.12 bits per heavy atom. The number of hydrogen-bond donors (Lipinski definition) is 2. The molecule has 0 amide bonds. The van der Waals surface area contributed by atoms with E-state index in [-0.39, 0.29) is 0 Å². The van der Waals surface area contributed by atoms with Crippen LogP contribution in [-0.4, -0.2) is 17.5 Å². The highest BCUT2D eigenvalue weighted by molar-refractivity contribution is 8.00. The summed E-state index contributed by atoms with van der Waals surface area (Å²) in [4.78, 5) is 0. The van der Waals surface area contributed by atoms with Gasteiger partial charge in [-0.05, 0) is 54.7 Å². The Balaban J connectivity index is 1.63. The molecule has 0 spiro atoms. The van der Waals surface area contributed by atoms with E-state index in [1.165, 1.54) is 49.1 Å². The van der Waals surface area contributed by atoms with Crippen LogP contribution in [0.1, 0.15) is 36.4 Å². The van der Waals surface area contributed by atoms with Crippen LogP contribution >= 0.6 is 11.8 Å². The van der Waals surface area contributed by atoms with Gasteiger partial charge in [0.15, 0.2) is 0 Å². The molecule has 2 unspecified atom stereocenters. The summed E-state index contributed by atoms with van der Waals surface area (Å²) >= 11 is 2.13. The first kappa shape index (κ1) is 11.4. The van der Waals surface area contributed by atoms with E-state index in [1.54, 1.807) is 0 Å². The number of anilines is 1. The quantitative estimate of drug-likeness (QED) is 0.808. The number of thioether (sulfide) groups is 1. The average Bonchev–Trinajstić information content (AvgIpc) is 2.94. The van der Waals surface area contributed by atoms with E-state index in [9.17, 15) is 0 Å². The minimum Gasteiger partial charge on any atom is -0.399 e. The summed E-state index contributed by atoms with van der Waals surface area (Å²) in [7, 11) is 0. The predicted molar refractivity (Wildman–Crippen MR) is 75.4 cm³/mol. The Hall–Kier alpha value is -0.670. The lowest BCUT2D eigenvalue weighted by atomic mass is 10.1. The van der Waals surface area contributed by atoms with Gasteiger partial charge in [0, 0.05) is 23.5 Å². The molecule has 1 aromatic carbocycles. The van der Waals surface area contributed by atoms with Gasteiger partial charge in [-0.15, -0.1) is 0 Å². The molecule has 2 atom stereocenters. The molecule has 1 aromatic rings. The third-order valence-corrected chi connectivity index (χ3v) is 5.26. The minimum atomic E-state index is 0.562. The van der Waals surface area contributed by atoms with Crippen LogP contribution in [0.3, 0.4) is 0 Å². The highest BCUT2D eigenvalue weighted by atomic mass is 32.2. The van der Waals surface area contributed by atoms with Gasteiger partial charge < -0.3 is 11.1 Å². The molecule has 1 aliphatic heterocycles. The number of nitrogen functional groups attached to an aromatic ring is 1. The predicted octanol–water partition coefficient (Wildman–Crippen LogP) is 2.74. The van der Waals surface area contributed by atoms with Crippen LogP contribution in [0.5, 0.6) is 0 Å². The van der Waals surface area contributed by atoms with E-state index in [0.29, 0.717) is 6.04 Å². The van der Waals surface area contributed by atoms with E-state index >= 15 is 0 Å². The van der Waals surface area contributed by atoms with Crippen molar-refractivity contribution in [2.24, 2.45) is 0 Å². The second-order valence-corrected chi connectivity index (χ2v) is 6.50. The van der Waals surface area contributed by atoms with E-state index in [1.807, 2.05) is 6.07 Å². The second kappa shape index (κ2) is 4.91. The fourth-order valence-electron chi connectivity index (χ4n) is 2.93. The Morgan fingerprint density at radius 2 is 2.29 bits per heavy atom. The molecular formula is C14H20N2S. The Morgan fingerprint density at radius 1 is 1.35 bits per heavy atom. The molecule has 0 radical (unpaired) electrons. The molecule has 1 aliphatic carbocycles. The van der Waals surface area contributed by atoms with Gasteiger partial charge in [0.05, 0.1) is 0 Å². The van der Waals surface area contributed by atoms with Gasteiger partial charge in [-0.25, -0.2) is 0 Å². The Labute approximate surface area is 107 Å². The normalized spacial score (nSPS) is 27.3. The first-order valence-corrected chi connectivity index (χ1v) is 7.61. The zero-order valence-electron chi connectivity index (χ0n) is 10.1. The molecule has 1 heterocycles. The number of nitrogens with two attached hydrogens (primary N) is 1. The van der Waals surface area contributed by atoms with E-state index in [0.717, 1.165) is 10.9 Å². The fourth-order valence-corrected chi connectivity index (χ4v) is 4.14. The standard InChI is InChI=1S/C14H20N2S/c15-11-4-5-13-10(8-11)3-6-14(13)16-9-12-2-1-7-17-12/h4-5,8,12,14,16H,1-3,6-7,9,15H2. The number of benzene rings is 1. The van der Waals surface area contributed by atoms with Crippen LogP contribution in [0.4, 0.5) is 5.69 Å². The molecule has 3 heteroatoms. The number of fused-ring (bicyclic) bond motifs is 1. The maximum atomic E-state index is 5.83. The molecule has 17 heavy (non-hydrogen) atoms. The van der Waals surface area contributed by atoms with Crippen molar-refractivity contribution in [3.05, 3.63) is 29.3 Å². The summed E-state index contributed by atoms with van der Waals surface area (Å²) in [6, 6.07) is 6.94. The lowest BCUT2D eigenvalue weighted by molar-refractivity contribution is 0.522. The SMILES string of the molecule is Nc1ccc2c(c1)CCC2NCC1CCCS1. The van der Waals surface area contributed by atoms with Crippen LogP contribution in [-0.2, 0) is 6.42 Å². The third kappa shape index (κ3) is 2.45. The molecule has 3 N–H and O–H groups in total. The molecule has 1 fully saturated rings. The van der Waals surface area contributed by atoms with Crippen LogP contribution < -0.4 is 11.1 Å². The zero-order chi connectivity index (χ0) is 11.7. The van der Waals surface area contributed by atoms with E-state index in [2.05, 4.69) is 29.2 Å². The van der Waals surface area contributed by atoms with Gasteiger partial charge >= 0.3 is 0 Å². The van der Waals surface area contributed by atoms with Gasteiger partial charge in [-0.3, -0.25) is 0 Å². The highest BCUT2D eigenvalue weighted by Gasteiger charge is 2.23. The third-order valence-electron chi connectivity index (χ3n) is 3.86. The summed E-state index contributed by atoms with van der Waals surface area (Å²) in [5, 5.41) is 4.58. The zero-order valence-corrected chi connectivity index (χ0v) is 10.9. The van der Waals surface area contributed by atoms with Gasteiger partial charge in [0.25, 0.3) is 0 Å². The van der Waals surface area contributed by atoms with Crippen molar-refractivity contribution < 1.29 is 0 Å². The fraction of sp³-hybridized carbons (Fsp3) is 0.571. The molecule has 0 aromatic heterocycles. The van der Waals surface area contributed by atoms with Gasteiger partial charge in [-0.2, -0.15) is 11.8 Å². The maximum absolute atomic E-state index is 5.83. The molecule has 0 saturated carbocycles. The average molecular weight is 248 g/mol.